The fraction of sp³-hybridized carbons (Fsp3) is 0.143. The van der Waals surface area contributed by atoms with Crippen LogP contribution < -0.4 is 5.32 Å². The molecule has 3 aromatic heterocycles. The van der Waals surface area contributed by atoms with Crippen molar-refractivity contribution in [3.8, 4) is 10.6 Å². The topological polar surface area (TPSA) is 37.8 Å². The third-order valence-electron chi connectivity index (χ3n) is 2.73. The molecule has 20 heavy (non-hydrogen) atoms. The lowest BCUT2D eigenvalue weighted by molar-refractivity contribution is 1.24. The summed E-state index contributed by atoms with van der Waals surface area (Å²) < 4.78 is 0. The third kappa shape index (κ3) is 3.17. The van der Waals surface area contributed by atoms with Crippen LogP contribution in [-0.4, -0.2) is 9.97 Å². The van der Waals surface area contributed by atoms with Crippen LogP contribution in [0.4, 0.5) is 10.9 Å². The average Bonchev–Trinajstić information content (AvgIpc) is 3.01. The quantitative estimate of drug-likeness (QED) is 0.733. The number of rotatable bonds is 3. The van der Waals surface area contributed by atoms with E-state index in [9.17, 15) is 0 Å². The predicted octanol–water partition coefficient (Wildman–Crippen LogP) is 5.05. The summed E-state index contributed by atoms with van der Waals surface area (Å²) in [4.78, 5) is 11.4. The monoisotopic (exact) mass is 323 g/mol. The van der Waals surface area contributed by atoms with Crippen molar-refractivity contribution in [2.24, 2.45) is 0 Å². The molecule has 0 atom stereocenters. The van der Waals surface area contributed by atoms with Crippen LogP contribution in [0.25, 0.3) is 10.6 Å². The Balaban J connectivity index is 0.00000147. The Morgan fingerprint density at radius 2 is 2.00 bits per heavy atom. The SMILES string of the molecule is Cc1ccc(-c2csc(Nc3ncccc3C)n2)s1.Cl. The molecule has 3 rings (SSSR count). The minimum absolute atomic E-state index is 0. The van der Waals surface area contributed by atoms with Gasteiger partial charge in [0.1, 0.15) is 5.82 Å². The Morgan fingerprint density at radius 3 is 2.70 bits per heavy atom. The molecular weight excluding hydrogens is 310 g/mol. The van der Waals surface area contributed by atoms with Crippen molar-refractivity contribution in [1.29, 1.82) is 0 Å². The van der Waals surface area contributed by atoms with Gasteiger partial charge in [-0.2, -0.15) is 0 Å². The highest BCUT2D eigenvalue weighted by Gasteiger charge is 2.07. The van der Waals surface area contributed by atoms with E-state index >= 15 is 0 Å². The van der Waals surface area contributed by atoms with E-state index in [4.69, 9.17) is 0 Å². The van der Waals surface area contributed by atoms with Crippen LogP contribution in [0.15, 0.2) is 35.8 Å². The van der Waals surface area contributed by atoms with Gasteiger partial charge in [0.25, 0.3) is 0 Å². The molecule has 1 N–H and O–H groups in total. The molecule has 0 aliphatic rings. The van der Waals surface area contributed by atoms with Gasteiger partial charge in [-0.1, -0.05) is 6.07 Å². The minimum Gasteiger partial charge on any atom is -0.316 e. The first kappa shape index (κ1) is 15.0. The van der Waals surface area contributed by atoms with Crippen molar-refractivity contribution in [2.45, 2.75) is 13.8 Å². The Bertz CT molecular complexity index is 706. The van der Waals surface area contributed by atoms with Gasteiger partial charge in [-0.15, -0.1) is 35.1 Å². The summed E-state index contributed by atoms with van der Waals surface area (Å²) in [5.41, 5.74) is 2.14. The van der Waals surface area contributed by atoms with Gasteiger partial charge in [-0.25, -0.2) is 9.97 Å². The van der Waals surface area contributed by atoms with Crippen LogP contribution in [0.2, 0.25) is 0 Å². The largest absolute Gasteiger partial charge is 0.316 e. The van der Waals surface area contributed by atoms with E-state index in [1.807, 2.05) is 19.1 Å². The first-order valence-electron chi connectivity index (χ1n) is 5.93. The summed E-state index contributed by atoms with van der Waals surface area (Å²) in [5, 5.41) is 6.22. The maximum absolute atomic E-state index is 4.61. The molecule has 0 aromatic carbocycles. The Labute approximate surface area is 132 Å². The maximum atomic E-state index is 4.61. The molecule has 0 fully saturated rings. The zero-order valence-electron chi connectivity index (χ0n) is 11.1. The number of halogens is 1. The van der Waals surface area contributed by atoms with E-state index in [-0.39, 0.29) is 12.4 Å². The van der Waals surface area contributed by atoms with Crippen molar-refractivity contribution in [1.82, 2.24) is 9.97 Å². The number of pyridine rings is 1. The zero-order chi connectivity index (χ0) is 13.2. The van der Waals surface area contributed by atoms with Crippen LogP contribution in [0.1, 0.15) is 10.4 Å². The smallest absolute Gasteiger partial charge is 0.188 e. The average molecular weight is 324 g/mol. The molecule has 0 aliphatic heterocycles. The summed E-state index contributed by atoms with van der Waals surface area (Å²) in [6.07, 6.45) is 1.78. The van der Waals surface area contributed by atoms with Crippen molar-refractivity contribution in [2.75, 3.05) is 5.32 Å². The molecule has 0 saturated carbocycles. The molecule has 0 amide bonds. The second kappa shape index (κ2) is 6.35. The first-order chi connectivity index (χ1) is 9.22. The molecule has 0 radical (unpaired) electrons. The number of hydrogen-bond donors (Lipinski definition) is 1. The lowest BCUT2D eigenvalue weighted by Gasteiger charge is -2.03. The van der Waals surface area contributed by atoms with E-state index in [0.717, 1.165) is 22.2 Å². The first-order valence-corrected chi connectivity index (χ1v) is 7.63. The highest BCUT2D eigenvalue weighted by molar-refractivity contribution is 7.17. The zero-order valence-corrected chi connectivity index (χ0v) is 13.5. The second-order valence-electron chi connectivity index (χ2n) is 4.24. The summed E-state index contributed by atoms with van der Waals surface area (Å²) in [6.45, 7) is 4.14. The van der Waals surface area contributed by atoms with Gasteiger partial charge in [0, 0.05) is 16.5 Å². The highest BCUT2D eigenvalue weighted by Crippen LogP contribution is 2.31. The van der Waals surface area contributed by atoms with E-state index in [1.165, 1.54) is 9.75 Å². The highest BCUT2D eigenvalue weighted by atomic mass is 35.5. The third-order valence-corrected chi connectivity index (χ3v) is 4.51. The summed E-state index contributed by atoms with van der Waals surface area (Å²) in [6, 6.07) is 8.20. The lowest BCUT2D eigenvalue weighted by Crippen LogP contribution is -1.94. The molecule has 0 unspecified atom stereocenters. The Hall–Kier alpha value is -1.43. The normalized spacial score (nSPS) is 10.1. The number of nitrogens with zero attached hydrogens (tertiary/aromatic N) is 2. The Kier molecular flexibility index (Phi) is 4.75. The van der Waals surface area contributed by atoms with Crippen molar-refractivity contribution >= 4 is 46.0 Å². The van der Waals surface area contributed by atoms with Gasteiger partial charge in [-0.3, -0.25) is 0 Å². The van der Waals surface area contributed by atoms with E-state index in [1.54, 1.807) is 28.9 Å². The number of aryl methyl sites for hydroxylation is 2. The van der Waals surface area contributed by atoms with Crippen LogP contribution >= 0.6 is 35.1 Å². The number of hydrogen-bond acceptors (Lipinski definition) is 5. The van der Waals surface area contributed by atoms with Gasteiger partial charge in [0.15, 0.2) is 5.13 Å². The number of thiazole rings is 1. The fourth-order valence-corrected chi connectivity index (χ4v) is 3.35. The van der Waals surface area contributed by atoms with Gasteiger partial charge < -0.3 is 5.32 Å². The molecule has 0 saturated heterocycles. The standard InChI is InChI=1S/C14H13N3S2.ClH/c1-9-4-3-7-15-13(9)17-14-16-11(8-18-14)12-6-5-10(2)19-12;/h3-8H,1-2H3,(H,15,16,17);1H. The van der Waals surface area contributed by atoms with Gasteiger partial charge in [0.2, 0.25) is 0 Å². The fourth-order valence-electron chi connectivity index (χ4n) is 1.73. The van der Waals surface area contributed by atoms with Crippen molar-refractivity contribution in [3.05, 3.63) is 46.3 Å². The number of thiophene rings is 1. The summed E-state index contributed by atoms with van der Waals surface area (Å²) in [5.74, 6) is 0.866. The van der Waals surface area contributed by atoms with Crippen LogP contribution in [0.5, 0.6) is 0 Å². The minimum atomic E-state index is 0. The number of nitrogens with one attached hydrogen (secondary N) is 1. The number of aromatic nitrogens is 2. The summed E-state index contributed by atoms with van der Waals surface area (Å²) in [7, 11) is 0. The predicted molar refractivity (Wildman–Crippen MR) is 89.7 cm³/mol. The molecule has 3 heterocycles. The van der Waals surface area contributed by atoms with Crippen LogP contribution in [0.3, 0.4) is 0 Å². The maximum Gasteiger partial charge on any atom is 0.188 e. The molecule has 3 aromatic rings. The molecule has 3 nitrogen and oxygen atoms in total. The molecule has 0 bridgehead atoms. The van der Waals surface area contributed by atoms with E-state index < -0.39 is 0 Å². The molecule has 104 valence electrons. The van der Waals surface area contributed by atoms with E-state index in [2.05, 4.69) is 39.7 Å². The molecular formula is C14H14ClN3S2. The number of anilines is 2. The molecule has 0 spiro atoms. The molecule has 6 heteroatoms. The Morgan fingerprint density at radius 1 is 1.15 bits per heavy atom. The van der Waals surface area contributed by atoms with E-state index in [0.29, 0.717) is 0 Å². The van der Waals surface area contributed by atoms with Gasteiger partial charge in [0.05, 0.1) is 10.6 Å². The second-order valence-corrected chi connectivity index (χ2v) is 6.39. The summed E-state index contributed by atoms with van der Waals surface area (Å²) >= 11 is 3.37. The van der Waals surface area contributed by atoms with Crippen LogP contribution in [-0.2, 0) is 0 Å². The van der Waals surface area contributed by atoms with Gasteiger partial charge >= 0.3 is 0 Å². The lowest BCUT2D eigenvalue weighted by atomic mass is 10.3. The van der Waals surface area contributed by atoms with Crippen molar-refractivity contribution < 1.29 is 0 Å². The van der Waals surface area contributed by atoms with Gasteiger partial charge in [-0.05, 0) is 37.6 Å². The van der Waals surface area contributed by atoms with Crippen molar-refractivity contribution in [3.63, 3.8) is 0 Å². The molecule has 0 aliphatic carbocycles. The van der Waals surface area contributed by atoms with Crippen LogP contribution in [0, 0.1) is 13.8 Å².